The summed E-state index contributed by atoms with van der Waals surface area (Å²) in [5, 5.41) is 9.76. The Bertz CT molecular complexity index is 2320. The summed E-state index contributed by atoms with van der Waals surface area (Å²) in [5.74, 6) is -15.7. The van der Waals surface area contributed by atoms with Crippen molar-refractivity contribution < 1.29 is 63.0 Å². The molecule has 0 bridgehead atoms. The molecule has 0 aromatic heterocycles. The Hall–Kier alpha value is -5.03. The zero-order valence-corrected chi connectivity index (χ0v) is 30.9. The van der Waals surface area contributed by atoms with E-state index in [2.05, 4.69) is 6.07 Å². The largest absolute Gasteiger partial charge is 0.488 e. The van der Waals surface area contributed by atoms with Crippen molar-refractivity contribution in [2.24, 2.45) is 0 Å². The number of carboxylic acids is 1. The van der Waals surface area contributed by atoms with Crippen molar-refractivity contribution in [3.8, 4) is 5.75 Å². The van der Waals surface area contributed by atoms with E-state index in [1.165, 1.54) is 6.07 Å². The van der Waals surface area contributed by atoms with Gasteiger partial charge in [-0.25, -0.2) is 35.2 Å². The fourth-order valence-corrected chi connectivity index (χ4v) is 8.43. The number of aromatic carboxylic acids is 1. The van der Waals surface area contributed by atoms with Crippen LogP contribution in [0.15, 0.2) is 65.6 Å². The maximum Gasteiger partial charge on any atom is 0.416 e. The molecule has 0 heterocycles. The average Bonchev–Trinajstić information content (AvgIpc) is 3.99. The topological polar surface area (TPSA) is 104 Å². The Morgan fingerprint density at radius 1 is 0.789 bits per heavy atom. The number of ether oxygens (including phenoxy) is 1. The molecule has 4 aromatic carbocycles. The molecule has 302 valence electrons. The highest BCUT2D eigenvalue weighted by molar-refractivity contribution is 7.89. The Kier molecular flexibility index (Phi) is 10.6. The number of alkyl halides is 3. The van der Waals surface area contributed by atoms with Crippen LogP contribution in [-0.4, -0.2) is 41.9 Å². The lowest BCUT2D eigenvalue weighted by atomic mass is 9.99. The summed E-state index contributed by atoms with van der Waals surface area (Å²) >= 11 is 0. The third-order valence-corrected chi connectivity index (χ3v) is 12.2. The first-order valence-electron chi connectivity index (χ1n) is 18.0. The minimum absolute atomic E-state index is 0.0472. The first kappa shape index (κ1) is 40.2. The molecule has 0 unspecified atom stereocenters. The van der Waals surface area contributed by atoms with Gasteiger partial charge in [-0.2, -0.15) is 17.5 Å². The highest BCUT2D eigenvalue weighted by Crippen LogP contribution is 2.46. The molecule has 17 heteroatoms. The van der Waals surface area contributed by atoms with E-state index in [1.807, 2.05) is 12.1 Å². The number of benzene rings is 4. The fraction of sp³-hybridized carbons (Fsp3) is 0.350. The summed E-state index contributed by atoms with van der Waals surface area (Å²) in [6, 6.07) is 10.6. The molecule has 3 fully saturated rings. The zero-order valence-electron chi connectivity index (χ0n) is 30.1. The van der Waals surface area contributed by atoms with Crippen molar-refractivity contribution >= 4 is 27.6 Å². The lowest BCUT2D eigenvalue weighted by molar-refractivity contribution is -0.138. The molecule has 3 aliphatic rings. The Morgan fingerprint density at radius 3 is 1.88 bits per heavy atom. The first-order chi connectivity index (χ1) is 26.9. The van der Waals surface area contributed by atoms with Gasteiger partial charge in [-0.05, 0) is 104 Å². The van der Waals surface area contributed by atoms with Gasteiger partial charge in [0.2, 0.25) is 21.7 Å². The molecule has 0 saturated heterocycles. The normalized spacial score (nSPS) is 16.5. The summed E-state index contributed by atoms with van der Waals surface area (Å²) in [4.78, 5) is 25.6. The van der Waals surface area contributed by atoms with Crippen LogP contribution in [0.4, 0.5) is 40.8 Å². The van der Waals surface area contributed by atoms with Gasteiger partial charge in [0.1, 0.15) is 11.8 Å². The number of carboxylic acid groups (broad SMARTS) is 1. The summed E-state index contributed by atoms with van der Waals surface area (Å²) in [5.41, 5.74) is 0.0258. The number of amides is 1. The smallest absolute Gasteiger partial charge is 0.416 e. The van der Waals surface area contributed by atoms with Crippen molar-refractivity contribution in [1.29, 1.82) is 0 Å². The molecular weight excluding hydrogens is 788 g/mol. The van der Waals surface area contributed by atoms with Crippen LogP contribution in [0.2, 0.25) is 0 Å². The molecule has 3 aliphatic carbocycles. The molecule has 4 aromatic rings. The summed E-state index contributed by atoms with van der Waals surface area (Å²) < 4.78 is 151. The van der Waals surface area contributed by atoms with E-state index in [4.69, 9.17) is 4.74 Å². The molecule has 3 saturated carbocycles. The first-order valence-corrected chi connectivity index (χ1v) is 19.5. The van der Waals surface area contributed by atoms with Crippen LogP contribution >= 0.6 is 0 Å². The lowest BCUT2D eigenvalue weighted by Crippen LogP contribution is -2.49. The number of anilines is 1. The fourth-order valence-electron chi connectivity index (χ4n) is 6.75. The van der Waals surface area contributed by atoms with Gasteiger partial charge in [0.15, 0.2) is 28.2 Å². The molecular formula is C40H34F8N2O6S. The predicted molar refractivity (Wildman–Crippen MR) is 189 cm³/mol. The monoisotopic (exact) mass is 822 g/mol. The van der Waals surface area contributed by atoms with E-state index >= 15 is 8.78 Å². The second-order valence-electron chi connectivity index (χ2n) is 14.6. The quantitative estimate of drug-likeness (QED) is 0.0773. The minimum Gasteiger partial charge on any atom is -0.488 e. The van der Waals surface area contributed by atoms with Gasteiger partial charge >= 0.3 is 12.1 Å². The lowest BCUT2D eigenvalue weighted by Gasteiger charge is -2.34. The number of hydrogen-bond acceptors (Lipinski definition) is 5. The van der Waals surface area contributed by atoms with Crippen LogP contribution in [0.1, 0.15) is 95.5 Å². The molecule has 0 aliphatic heterocycles. The highest BCUT2D eigenvalue weighted by Gasteiger charge is 2.44. The van der Waals surface area contributed by atoms with Gasteiger partial charge in [0.05, 0.1) is 29.5 Å². The number of carbonyl (C=O) groups excluding carboxylic acids is 1. The number of rotatable bonds is 14. The van der Waals surface area contributed by atoms with Gasteiger partial charge in [-0.15, -0.1) is 0 Å². The van der Waals surface area contributed by atoms with E-state index < -0.39 is 85.8 Å². The molecule has 1 amide bonds. The van der Waals surface area contributed by atoms with E-state index in [0.717, 1.165) is 79.0 Å². The number of sulfonamides is 1. The highest BCUT2D eigenvalue weighted by atomic mass is 32.2. The predicted octanol–water partition coefficient (Wildman–Crippen LogP) is 9.21. The molecule has 1 atom stereocenters. The van der Waals surface area contributed by atoms with Gasteiger partial charge in [0.25, 0.3) is 0 Å². The Labute approximate surface area is 321 Å². The van der Waals surface area contributed by atoms with E-state index in [-0.39, 0.29) is 45.8 Å². The number of halogens is 8. The molecule has 0 spiro atoms. The second-order valence-corrected chi connectivity index (χ2v) is 16.4. The van der Waals surface area contributed by atoms with Crippen LogP contribution in [0.25, 0.3) is 0 Å². The summed E-state index contributed by atoms with van der Waals surface area (Å²) in [6.07, 6.45) is -0.612. The van der Waals surface area contributed by atoms with Crippen molar-refractivity contribution in [3.63, 3.8) is 0 Å². The van der Waals surface area contributed by atoms with Gasteiger partial charge < -0.3 is 14.7 Å². The molecule has 1 N–H and O–H groups in total. The Morgan fingerprint density at radius 2 is 1.35 bits per heavy atom. The average molecular weight is 823 g/mol. The Balaban J connectivity index is 1.39. The van der Waals surface area contributed by atoms with Crippen LogP contribution < -0.4 is 9.64 Å². The van der Waals surface area contributed by atoms with Crippen molar-refractivity contribution in [3.05, 3.63) is 123 Å². The standard InChI is InChI=1S/C40H34F8N2O6S/c1-20(50(19-25-4-2-3-5-29(25)40(46,47)48)57(54,55)37-35(44)33(42)32(41)34(43)36(37)45)38(51)49(30-13-10-24(39(52)53)17-31(30)56-28-11-12-28)18-21-14-26(22-6-7-22)16-27(15-21)23-8-9-23/h2-5,10,13-17,20,22-23,28H,6-9,11-12,18-19H2,1H3,(H,52,53)/t20-/m0/s1. The van der Waals surface area contributed by atoms with Crippen LogP contribution in [0.5, 0.6) is 5.75 Å². The minimum atomic E-state index is -6.06. The number of hydrogen-bond donors (Lipinski definition) is 1. The van der Waals surface area contributed by atoms with Crippen LogP contribution in [0, 0.1) is 29.1 Å². The van der Waals surface area contributed by atoms with Crippen molar-refractivity contribution in [2.45, 2.75) is 93.6 Å². The van der Waals surface area contributed by atoms with Crippen LogP contribution in [-0.2, 0) is 34.1 Å². The number of nitrogens with zero attached hydrogens (tertiary/aromatic N) is 2. The molecule has 7 rings (SSSR count). The zero-order chi connectivity index (χ0) is 41.1. The second kappa shape index (κ2) is 15.0. The number of carbonyl (C=O) groups is 2. The van der Waals surface area contributed by atoms with Gasteiger partial charge in [-0.3, -0.25) is 4.79 Å². The molecule has 8 nitrogen and oxygen atoms in total. The van der Waals surface area contributed by atoms with E-state index in [1.54, 1.807) is 0 Å². The van der Waals surface area contributed by atoms with Crippen LogP contribution in [0.3, 0.4) is 0 Å². The third-order valence-electron chi connectivity index (χ3n) is 10.2. The van der Waals surface area contributed by atoms with Gasteiger partial charge in [-0.1, -0.05) is 36.4 Å². The summed E-state index contributed by atoms with van der Waals surface area (Å²) in [6.45, 7) is -0.838. The maximum absolute atomic E-state index is 15.3. The molecule has 0 radical (unpaired) electrons. The van der Waals surface area contributed by atoms with Crippen molar-refractivity contribution in [2.75, 3.05) is 4.90 Å². The molecule has 57 heavy (non-hydrogen) atoms. The van der Waals surface area contributed by atoms with Gasteiger partial charge in [0, 0.05) is 6.54 Å². The third kappa shape index (κ3) is 8.22. The van der Waals surface area contributed by atoms with Crippen molar-refractivity contribution in [1.82, 2.24) is 4.31 Å². The SMILES string of the molecule is C[C@@H](C(=O)N(Cc1cc(C2CC2)cc(C2CC2)c1)c1ccc(C(=O)O)cc1OC1CC1)N(Cc1ccccc1C(F)(F)F)S(=O)(=O)c1c(F)c(F)c(F)c(F)c1F. The maximum atomic E-state index is 15.3. The summed E-state index contributed by atoms with van der Waals surface area (Å²) in [7, 11) is -6.06. The van der Waals surface area contributed by atoms with E-state index in [0.29, 0.717) is 24.5 Å². The van der Waals surface area contributed by atoms with E-state index in [9.17, 15) is 49.5 Å².